The molecule has 1 rings (SSSR count). The molecule has 1 aromatic carbocycles. The Labute approximate surface area is 114 Å². The molecule has 0 saturated carbocycles. The minimum Gasteiger partial charge on any atom is -0.396 e. The highest BCUT2D eigenvalue weighted by Gasteiger charge is 2.11. The maximum atomic E-state index is 12.0. The van der Waals surface area contributed by atoms with Gasteiger partial charge in [-0.15, -0.1) is 0 Å². The van der Waals surface area contributed by atoms with Crippen LogP contribution in [0.1, 0.15) is 31.9 Å². The van der Waals surface area contributed by atoms with E-state index in [4.69, 9.17) is 10.8 Å². The van der Waals surface area contributed by atoms with Crippen molar-refractivity contribution in [1.82, 2.24) is 4.90 Å². The number of hydrogen-bond acceptors (Lipinski definition) is 3. The number of carbonyl (C=O) groups excluding carboxylic acids is 1. The molecule has 0 aromatic heterocycles. The smallest absolute Gasteiger partial charge is 0.321 e. The van der Waals surface area contributed by atoms with Crippen molar-refractivity contribution in [2.24, 2.45) is 5.73 Å². The Morgan fingerprint density at radius 1 is 1.42 bits per heavy atom. The summed E-state index contributed by atoms with van der Waals surface area (Å²) in [6, 6.07) is 7.34. The lowest BCUT2D eigenvalue weighted by Crippen LogP contribution is -2.35. The molecule has 4 N–H and O–H groups in total. The third-order valence-corrected chi connectivity index (χ3v) is 2.94. The monoisotopic (exact) mass is 265 g/mol. The molecule has 5 heteroatoms. The van der Waals surface area contributed by atoms with Crippen LogP contribution in [0.25, 0.3) is 0 Å². The number of nitrogens with zero attached hydrogens (tertiary/aromatic N) is 1. The number of benzene rings is 1. The molecule has 0 radical (unpaired) electrons. The standard InChI is InChI=1S/C14H23N3O2/c1-3-17(9-4-10-18)14(19)16-13-7-5-12(6-8-13)11(2)15/h5-8,11,18H,3-4,9-10,15H2,1-2H3,(H,16,19). The van der Waals surface area contributed by atoms with Crippen molar-refractivity contribution in [3.05, 3.63) is 29.8 Å². The van der Waals surface area contributed by atoms with Crippen LogP contribution in [0.15, 0.2) is 24.3 Å². The van der Waals surface area contributed by atoms with Crippen LogP contribution in [-0.2, 0) is 0 Å². The molecule has 0 bridgehead atoms. The molecule has 0 aliphatic rings. The number of carbonyl (C=O) groups is 1. The highest BCUT2D eigenvalue weighted by Crippen LogP contribution is 2.14. The SMILES string of the molecule is CCN(CCCO)C(=O)Nc1ccc(C(C)N)cc1. The Balaban J connectivity index is 2.59. The van der Waals surface area contributed by atoms with Gasteiger partial charge in [-0.1, -0.05) is 12.1 Å². The molecule has 5 nitrogen and oxygen atoms in total. The number of amides is 2. The Bertz CT molecular complexity index is 390. The Hall–Kier alpha value is -1.59. The van der Waals surface area contributed by atoms with Crippen LogP contribution >= 0.6 is 0 Å². The van der Waals surface area contributed by atoms with Crippen LogP contribution < -0.4 is 11.1 Å². The zero-order chi connectivity index (χ0) is 14.3. The van der Waals surface area contributed by atoms with Crippen molar-refractivity contribution in [1.29, 1.82) is 0 Å². The van der Waals surface area contributed by atoms with Gasteiger partial charge < -0.3 is 21.1 Å². The van der Waals surface area contributed by atoms with Gasteiger partial charge in [-0.05, 0) is 38.0 Å². The first-order chi connectivity index (χ1) is 9.08. The summed E-state index contributed by atoms with van der Waals surface area (Å²) in [5.41, 5.74) is 7.55. The molecular formula is C14H23N3O2. The summed E-state index contributed by atoms with van der Waals surface area (Å²) < 4.78 is 0. The molecule has 2 amide bonds. The Kier molecular flexibility index (Phi) is 6.32. The number of rotatable bonds is 6. The van der Waals surface area contributed by atoms with Crippen molar-refractivity contribution in [2.45, 2.75) is 26.3 Å². The summed E-state index contributed by atoms with van der Waals surface area (Å²) in [6.45, 7) is 5.09. The second-order valence-electron chi connectivity index (χ2n) is 4.50. The van der Waals surface area contributed by atoms with Crippen LogP contribution in [0.5, 0.6) is 0 Å². The summed E-state index contributed by atoms with van der Waals surface area (Å²) in [4.78, 5) is 13.6. The second-order valence-corrected chi connectivity index (χ2v) is 4.50. The van der Waals surface area contributed by atoms with Crippen LogP contribution in [0.2, 0.25) is 0 Å². The molecule has 0 spiro atoms. The lowest BCUT2D eigenvalue weighted by atomic mass is 10.1. The molecular weight excluding hydrogens is 242 g/mol. The van der Waals surface area contributed by atoms with Gasteiger partial charge in [0.25, 0.3) is 0 Å². The molecule has 106 valence electrons. The molecule has 0 aliphatic carbocycles. The van der Waals surface area contributed by atoms with E-state index in [1.165, 1.54) is 0 Å². The van der Waals surface area contributed by atoms with Crippen molar-refractivity contribution in [3.8, 4) is 0 Å². The molecule has 0 aliphatic heterocycles. The van der Waals surface area contributed by atoms with E-state index in [1.54, 1.807) is 4.90 Å². The van der Waals surface area contributed by atoms with E-state index in [1.807, 2.05) is 38.1 Å². The second kappa shape index (κ2) is 7.76. The number of anilines is 1. The number of aliphatic hydroxyl groups is 1. The van der Waals surface area contributed by atoms with Crippen LogP contribution in [0.3, 0.4) is 0 Å². The minimum absolute atomic E-state index is 0.0125. The first-order valence-electron chi connectivity index (χ1n) is 6.60. The highest BCUT2D eigenvalue weighted by molar-refractivity contribution is 5.89. The minimum atomic E-state index is -0.149. The zero-order valence-electron chi connectivity index (χ0n) is 11.6. The van der Waals surface area contributed by atoms with Gasteiger partial charge in [0, 0.05) is 31.4 Å². The summed E-state index contributed by atoms with van der Waals surface area (Å²) in [5, 5.41) is 11.6. The predicted molar refractivity (Wildman–Crippen MR) is 77.0 cm³/mol. The molecule has 1 atom stereocenters. The van der Waals surface area contributed by atoms with Gasteiger partial charge in [0.1, 0.15) is 0 Å². The van der Waals surface area contributed by atoms with Gasteiger partial charge in [0.15, 0.2) is 0 Å². The third kappa shape index (κ3) is 4.89. The summed E-state index contributed by atoms with van der Waals surface area (Å²) in [7, 11) is 0. The number of nitrogens with one attached hydrogen (secondary N) is 1. The zero-order valence-corrected chi connectivity index (χ0v) is 11.6. The van der Waals surface area contributed by atoms with Gasteiger partial charge >= 0.3 is 6.03 Å². The van der Waals surface area contributed by atoms with E-state index in [9.17, 15) is 4.79 Å². The third-order valence-electron chi connectivity index (χ3n) is 2.94. The predicted octanol–water partition coefficient (Wildman–Crippen LogP) is 1.94. The topological polar surface area (TPSA) is 78.6 Å². The van der Waals surface area contributed by atoms with E-state index < -0.39 is 0 Å². The van der Waals surface area contributed by atoms with Gasteiger partial charge in [0.05, 0.1) is 0 Å². The molecule has 0 heterocycles. The molecule has 1 aromatic rings. The van der Waals surface area contributed by atoms with E-state index in [0.717, 1.165) is 11.3 Å². The Morgan fingerprint density at radius 3 is 2.53 bits per heavy atom. The van der Waals surface area contributed by atoms with Crippen LogP contribution in [0.4, 0.5) is 10.5 Å². The van der Waals surface area contributed by atoms with E-state index in [-0.39, 0.29) is 18.7 Å². The van der Waals surface area contributed by atoms with E-state index in [2.05, 4.69) is 5.32 Å². The number of aliphatic hydroxyl groups excluding tert-OH is 1. The maximum Gasteiger partial charge on any atom is 0.321 e. The normalized spacial score (nSPS) is 12.0. The molecule has 19 heavy (non-hydrogen) atoms. The molecule has 0 fully saturated rings. The largest absolute Gasteiger partial charge is 0.396 e. The van der Waals surface area contributed by atoms with Crippen molar-refractivity contribution < 1.29 is 9.90 Å². The number of urea groups is 1. The van der Waals surface area contributed by atoms with E-state index >= 15 is 0 Å². The summed E-state index contributed by atoms with van der Waals surface area (Å²) in [5.74, 6) is 0. The quantitative estimate of drug-likeness (QED) is 0.735. The lowest BCUT2D eigenvalue weighted by Gasteiger charge is -2.21. The average Bonchev–Trinajstić information content (AvgIpc) is 2.40. The highest BCUT2D eigenvalue weighted by atomic mass is 16.3. The fourth-order valence-electron chi connectivity index (χ4n) is 1.74. The summed E-state index contributed by atoms with van der Waals surface area (Å²) >= 11 is 0. The molecule has 1 unspecified atom stereocenters. The van der Waals surface area contributed by atoms with E-state index in [0.29, 0.717) is 19.5 Å². The summed E-state index contributed by atoms with van der Waals surface area (Å²) in [6.07, 6.45) is 0.588. The molecule has 0 saturated heterocycles. The van der Waals surface area contributed by atoms with Gasteiger partial charge in [0.2, 0.25) is 0 Å². The van der Waals surface area contributed by atoms with Crippen LogP contribution in [0, 0.1) is 0 Å². The van der Waals surface area contributed by atoms with Crippen molar-refractivity contribution in [2.75, 3.05) is 25.0 Å². The first kappa shape index (κ1) is 15.5. The number of nitrogens with two attached hydrogens (primary N) is 1. The lowest BCUT2D eigenvalue weighted by molar-refractivity contribution is 0.205. The average molecular weight is 265 g/mol. The first-order valence-corrected chi connectivity index (χ1v) is 6.60. The van der Waals surface area contributed by atoms with Crippen LogP contribution in [-0.4, -0.2) is 35.7 Å². The van der Waals surface area contributed by atoms with Gasteiger partial charge in [-0.3, -0.25) is 0 Å². The maximum absolute atomic E-state index is 12.0. The van der Waals surface area contributed by atoms with Gasteiger partial charge in [-0.2, -0.15) is 0 Å². The number of hydrogen-bond donors (Lipinski definition) is 3. The van der Waals surface area contributed by atoms with Crippen molar-refractivity contribution >= 4 is 11.7 Å². The Morgan fingerprint density at radius 2 is 2.05 bits per heavy atom. The fourth-order valence-corrected chi connectivity index (χ4v) is 1.74. The van der Waals surface area contributed by atoms with Crippen molar-refractivity contribution in [3.63, 3.8) is 0 Å². The van der Waals surface area contributed by atoms with Gasteiger partial charge in [-0.25, -0.2) is 4.79 Å². The fraction of sp³-hybridized carbons (Fsp3) is 0.500.